The van der Waals surface area contributed by atoms with Gasteiger partial charge in [0.1, 0.15) is 17.8 Å². The second-order valence-electron chi connectivity index (χ2n) is 5.26. The minimum atomic E-state index is -0.498. The van der Waals surface area contributed by atoms with Gasteiger partial charge in [-0.25, -0.2) is 9.97 Å². The van der Waals surface area contributed by atoms with Gasteiger partial charge >= 0.3 is 0 Å². The summed E-state index contributed by atoms with van der Waals surface area (Å²) >= 11 is 0. The zero-order valence-corrected chi connectivity index (χ0v) is 12.1. The van der Waals surface area contributed by atoms with Crippen molar-refractivity contribution in [3.8, 4) is 0 Å². The van der Waals surface area contributed by atoms with Gasteiger partial charge in [0.25, 0.3) is 5.91 Å². The predicted octanol–water partition coefficient (Wildman–Crippen LogP) is 1.05. The zero-order valence-electron chi connectivity index (χ0n) is 12.1. The maximum atomic E-state index is 11.2. The summed E-state index contributed by atoms with van der Waals surface area (Å²) in [5, 5.41) is 3.42. The largest absolute Gasteiger partial charge is 0.371 e. The first-order valence-corrected chi connectivity index (χ1v) is 7.26. The Morgan fingerprint density at radius 1 is 1.23 bits per heavy atom. The number of piperidine rings is 1. The number of carbonyl (C=O) groups excluding carboxylic acids is 1. The second kappa shape index (κ2) is 6.38. The van der Waals surface area contributed by atoms with E-state index in [0.717, 1.165) is 37.4 Å². The number of nitrogens with two attached hydrogens (primary N) is 1. The van der Waals surface area contributed by atoms with Crippen molar-refractivity contribution in [1.29, 1.82) is 0 Å². The number of amides is 1. The summed E-state index contributed by atoms with van der Waals surface area (Å²) in [6, 6.07) is 5.92. The highest BCUT2D eigenvalue weighted by molar-refractivity contribution is 5.91. The Bertz CT molecular complexity index is 639. The third kappa shape index (κ3) is 3.30. The molecule has 114 valence electrons. The first-order valence-electron chi connectivity index (χ1n) is 7.26. The van der Waals surface area contributed by atoms with Crippen LogP contribution in [0.1, 0.15) is 23.3 Å². The molecule has 0 saturated carbocycles. The summed E-state index contributed by atoms with van der Waals surface area (Å²) in [4.78, 5) is 25.5. The van der Waals surface area contributed by atoms with E-state index in [9.17, 15) is 4.79 Å². The molecule has 7 heteroatoms. The third-order valence-electron chi connectivity index (χ3n) is 3.79. The monoisotopic (exact) mass is 298 g/mol. The predicted molar refractivity (Wildman–Crippen MR) is 83.6 cm³/mol. The summed E-state index contributed by atoms with van der Waals surface area (Å²) in [5.41, 5.74) is 6.57. The van der Waals surface area contributed by atoms with Gasteiger partial charge in [0.2, 0.25) is 0 Å². The molecule has 3 rings (SSSR count). The van der Waals surface area contributed by atoms with Crippen molar-refractivity contribution in [2.45, 2.75) is 18.9 Å². The van der Waals surface area contributed by atoms with Crippen LogP contribution in [0.5, 0.6) is 0 Å². The normalized spacial score (nSPS) is 15.5. The van der Waals surface area contributed by atoms with Crippen LogP contribution in [0.25, 0.3) is 0 Å². The average molecular weight is 298 g/mol. The molecular formula is C15H18N6O. The molecule has 22 heavy (non-hydrogen) atoms. The van der Waals surface area contributed by atoms with E-state index < -0.39 is 5.91 Å². The minimum absolute atomic E-state index is 0.304. The first-order chi connectivity index (χ1) is 10.7. The van der Waals surface area contributed by atoms with E-state index in [1.807, 2.05) is 12.1 Å². The van der Waals surface area contributed by atoms with Crippen LogP contribution in [0, 0.1) is 0 Å². The molecule has 1 aliphatic heterocycles. The molecule has 1 amide bonds. The third-order valence-corrected chi connectivity index (χ3v) is 3.79. The van der Waals surface area contributed by atoms with E-state index in [1.54, 1.807) is 24.8 Å². The van der Waals surface area contributed by atoms with Gasteiger partial charge in [-0.1, -0.05) is 0 Å². The Balaban J connectivity index is 1.60. The van der Waals surface area contributed by atoms with E-state index in [4.69, 9.17) is 5.73 Å². The van der Waals surface area contributed by atoms with Gasteiger partial charge in [-0.3, -0.25) is 9.78 Å². The van der Waals surface area contributed by atoms with Crippen LogP contribution in [0.4, 0.5) is 11.5 Å². The van der Waals surface area contributed by atoms with Gasteiger partial charge in [-0.2, -0.15) is 0 Å². The number of nitrogens with zero attached hydrogens (tertiary/aromatic N) is 4. The summed E-state index contributed by atoms with van der Waals surface area (Å²) < 4.78 is 0. The van der Waals surface area contributed by atoms with Crippen LogP contribution in [0.3, 0.4) is 0 Å². The Morgan fingerprint density at radius 2 is 2.05 bits per heavy atom. The van der Waals surface area contributed by atoms with Crippen molar-refractivity contribution < 1.29 is 4.79 Å². The number of hydrogen-bond acceptors (Lipinski definition) is 6. The van der Waals surface area contributed by atoms with E-state index in [1.165, 1.54) is 0 Å². The SMILES string of the molecule is NC(=O)c1cc(N2CCC(Nc3ccncn3)CC2)ccn1. The first kappa shape index (κ1) is 14.2. The molecular weight excluding hydrogens is 280 g/mol. The van der Waals surface area contributed by atoms with Crippen LogP contribution < -0.4 is 16.0 Å². The molecule has 0 aliphatic carbocycles. The van der Waals surface area contributed by atoms with E-state index in [0.29, 0.717) is 11.7 Å². The number of pyridine rings is 1. The smallest absolute Gasteiger partial charge is 0.267 e. The van der Waals surface area contributed by atoms with Crippen molar-refractivity contribution >= 4 is 17.4 Å². The number of primary amides is 1. The molecule has 1 fully saturated rings. The lowest BCUT2D eigenvalue weighted by Crippen LogP contribution is -2.39. The van der Waals surface area contributed by atoms with Crippen molar-refractivity contribution in [2.75, 3.05) is 23.3 Å². The Labute approximate surface area is 128 Å². The number of nitrogens with one attached hydrogen (secondary N) is 1. The van der Waals surface area contributed by atoms with Crippen LogP contribution in [-0.4, -0.2) is 40.0 Å². The van der Waals surface area contributed by atoms with Gasteiger partial charge in [-0.15, -0.1) is 0 Å². The Kier molecular flexibility index (Phi) is 4.13. The van der Waals surface area contributed by atoms with Crippen LogP contribution >= 0.6 is 0 Å². The molecule has 0 bridgehead atoms. The lowest BCUT2D eigenvalue weighted by Gasteiger charge is -2.34. The van der Waals surface area contributed by atoms with Gasteiger partial charge in [0.05, 0.1) is 0 Å². The summed E-state index contributed by atoms with van der Waals surface area (Å²) in [7, 11) is 0. The number of hydrogen-bond donors (Lipinski definition) is 2. The fourth-order valence-corrected chi connectivity index (χ4v) is 2.62. The highest BCUT2D eigenvalue weighted by atomic mass is 16.1. The summed E-state index contributed by atoms with van der Waals surface area (Å²) in [6.45, 7) is 1.82. The molecule has 7 nitrogen and oxygen atoms in total. The molecule has 1 aliphatic rings. The lowest BCUT2D eigenvalue weighted by atomic mass is 10.0. The number of anilines is 2. The van der Waals surface area contributed by atoms with Gasteiger partial charge in [0.15, 0.2) is 0 Å². The van der Waals surface area contributed by atoms with Crippen LogP contribution in [-0.2, 0) is 0 Å². The average Bonchev–Trinajstić information content (AvgIpc) is 2.56. The molecule has 1 saturated heterocycles. The van der Waals surface area contributed by atoms with Crippen LogP contribution in [0.15, 0.2) is 36.9 Å². The fourth-order valence-electron chi connectivity index (χ4n) is 2.62. The standard InChI is InChI=1S/C15H18N6O/c16-15(22)13-9-12(1-6-18-13)21-7-3-11(4-8-21)20-14-2-5-17-10-19-14/h1-2,5-6,9-11H,3-4,7-8H2,(H2,16,22)(H,17,19,20). The summed E-state index contributed by atoms with van der Waals surface area (Å²) in [6.07, 6.45) is 6.89. The molecule has 2 aromatic heterocycles. The number of aromatic nitrogens is 3. The summed E-state index contributed by atoms with van der Waals surface area (Å²) in [5.74, 6) is 0.357. The zero-order chi connectivity index (χ0) is 15.4. The Morgan fingerprint density at radius 3 is 2.73 bits per heavy atom. The van der Waals surface area contributed by atoms with Crippen LogP contribution in [0.2, 0.25) is 0 Å². The topological polar surface area (TPSA) is 97.0 Å². The minimum Gasteiger partial charge on any atom is -0.371 e. The molecule has 0 radical (unpaired) electrons. The molecule has 2 aromatic rings. The Hall–Kier alpha value is -2.70. The number of carbonyl (C=O) groups is 1. The van der Waals surface area contributed by atoms with Gasteiger partial charge in [0, 0.05) is 37.2 Å². The molecule has 0 aromatic carbocycles. The fraction of sp³-hybridized carbons (Fsp3) is 0.333. The molecule has 0 unspecified atom stereocenters. The highest BCUT2D eigenvalue weighted by Gasteiger charge is 2.20. The van der Waals surface area contributed by atoms with Crippen molar-refractivity contribution in [2.24, 2.45) is 5.73 Å². The second-order valence-corrected chi connectivity index (χ2v) is 5.26. The molecule has 0 spiro atoms. The van der Waals surface area contributed by atoms with Crippen molar-refractivity contribution in [3.63, 3.8) is 0 Å². The lowest BCUT2D eigenvalue weighted by molar-refractivity contribution is 0.0995. The highest BCUT2D eigenvalue weighted by Crippen LogP contribution is 2.21. The molecule has 3 heterocycles. The maximum Gasteiger partial charge on any atom is 0.267 e. The van der Waals surface area contributed by atoms with Crippen molar-refractivity contribution in [3.05, 3.63) is 42.6 Å². The van der Waals surface area contributed by atoms with E-state index in [2.05, 4.69) is 25.2 Å². The van der Waals surface area contributed by atoms with Gasteiger partial charge in [-0.05, 0) is 31.0 Å². The molecule has 3 N–H and O–H groups in total. The van der Waals surface area contributed by atoms with Crippen molar-refractivity contribution in [1.82, 2.24) is 15.0 Å². The molecule has 0 atom stereocenters. The van der Waals surface area contributed by atoms with Gasteiger partial charge < -0.3 is 16.0 Å². The quantitative estimate of drug-likeness (QED) is 0.875. The number of rotatable bonds is 4. The van der Waals surface area contributed by atoms with E-state index in [-0.39, 0.29) is 0 Å². The maximum absolute atomic E-state index is 11.2. The van der Waals surface area contributed by atoms with E-state index >= 15 is 0 Å².